The van der Waals surface area contributed by atoms with Crippen LogP contribution in [-0.2, 0) is 6.42 Å². The summed E-state index contributed by atoms with van der Waals surface area (Å²) in [6, 6.07) is 8.41. The third kappa shape index (κ3) is 3.15. The second kappa shape index (κ2) is 5.76. The van der Waals surface area contributed by atoms with E-state index in [-0.39, 0.29) is 0 Å². The van der Waals surface area contributed by atoms with Gasteiger partial charge in [0.05, 0.1) is 0 Å². The zero-order chi connectivity index (χ0) is 13.0. The van der Waals surface area contributed by atoms with Crippen molar-refractivity contribution in [2.24, 2.45) is 11.8 Å². The minimum atomic E-state index is 0.650. The number of aryl methyl sites for hydroxylation is 1. The summed E-state index contributed by atoms with van der Waals surface area (Å²) in [5, 5.41) is 14.0. The molecule has 4 heteroatoms. The van der Waals surface area contributed by atoms with Gasteiger partial charge in [-0.15, -0.1) is 10.2 Å². The number of hydrogen-bond donors (Lipinski definition) is 1. The molecular weight excluding hydrogens is 224 g/mol. The molecule has 1 unspecified atom stereocenters. The average Bonchev–Trinajstić information content (AvgIpc) is 2.90. The van der Waals surface area contributed by atoms with Gasteiger partial charge in [0.2, 0.25) is 5.82 Å². The second-order valence-electron chi connectivity index (χ2n) is 5.19. The molecule has 0 aliphatic rings. The summed E-state index contributed by atoms with van der Waals surface area (Å²) in [6.07, 6.45) is 2.37. The molecule has 1 aromatic carbocycles. The number of aromatic amines is 1. The van der Waals surface area contributed by atoms with Crippen LogP contribution in [0.1, 0.15) is 32.8 Å². The van der Waals surface area contributed by atoms with Crippen LogP contribution in [-0.4, -0.2) is 20.6 Å². The van der Waals surface area contributed by atoms with Crippen LogP contribution in [0.25, 0.3) is 11.4 Å². The number of rotatable bonds is 5. The zero-order valence-corrected chi connectivity index (χ0v) is 11.2. The van der Waals surface area contributed by atoms with Crippen molar-refractivity contribution in [3.8, 4) is 11.4 Å². The molecule has 1 atom stereocenters. The highest BCUT2D eigenvalue weighted by molar-refractivity contribution is 5.54. The zero-order valence-electron chi connectivity index (χ0n) is 11.2. The Balaban J connectivity index is 1.96. The first-order valence-electron chi connectivity index (χ1n) is 6.49. The molecule has 1 N–H and O–H groups in total. The third-order valence-electron chi connectivity index (χ3n) is 3.58. The first-order chi connectivity index (χ1) is 8.66. The smallest absolute Gasteiger partial charge is 0.177 e. The number of hydrogen-bond acceptors (Lipinski definition) is 3. The Morgan fingerprint density at radius 3 is 2.39 bits per heavy atom. The van der Waals surface area contributed by atoms with Crippen molar-refractivity contribution in [1.29, 1.82) is 0 Å². The molecule has 4 nitrogen and oxygen atoms in total. The van der Waals surface area contributed by atoms with Gasteiger partial charge in [0, 0.05) is 5.56 Å². The quantitative estimate of drug-likeness (QED) is 0.879. The van der Waals surface area contributed by atoms with E-state index < -0.39 is 0 Å². The molecule has 0 amide bonds. The van der Waals surface area contributed by atoms with Crippen molar-refractivity contribution in [1.82, 2.24) is 20.6 Å². The standard InChI is InChI=1S/C14H20N4/c1-10(2)11(3)4-5-12-6-8-13(9-7-12)14-15-17-18-16-14/h6-11H,4-5H2,1-3H3,(H,15,16,17,18). The van der Waals surface area contributed by atoms with Gasteiger partial charge >= 0.3 is 0 Å². The summed E-state index contributed by atoms with van der Waals surface area (Å²) in [5.41, 5.74) is 2.37. The Hall–Kier alpha value is -1.71. The van der Waals surface area contributed by atoms with E-state index in [1.165, 1.54) is 12.0 Å². The van der Waals surface area contributed by atoms with Gasteiger partial charge in [-0.2, -0.15) is 5.21 Å². The van der Waals surface area contributed by atoms with Crippen molar-refractivity contribution in [3.05, 3.63) is 29.8 Å². The van der Waals surface area contributed by atoms with Gasteiger partial charge < -0.3 is 0 Å². The monoisotopic (exact) mass is 244 g/mol. The van der Waals surface area contributed by atoms with E-state index in [4.69, 9.17) is 0 Å². The molecule has 0 saturated carbocycles. The first kappa shape index (κ1) is 12.7. The van der Waals surface area contributed by atoms with E-state index in [0.29, 0.717) is 5.82 Å². The Morgan fingerprint density at radius 2 is 1.83 bits per heavy atom. The average molecular weight is 244 g/mol. The number of H-pyrrole nitrogens is 1. The van der Waals surface area contributed by atoms with Crippen LogP contribution in [0.3, 0.4) is 0 Å². The molecule has 0 aliphatic heterocycles. The minimum Gasteiger partial charge on any atom is -0.177 e. The van der Waals surface area contributed by atoms with Gasteiger partial charge in [-0.1, -0.05) is 45.0 Å². The van der Waals surface area contributed by atoms with E-state index in [2.05, 4.69) is 65.7 Å². The van der Waals surface area contributed by atoms with Crippen LogP contribution in [0, 0.1) is 11.8 Å². The molecule has 0 bridgehead atoms. The van der Waals surface area contributed by atoms with Gasteiger partial charge in [0.15, 0.2) is 0 Å². The van der Waals surface area contributed by atoms with Crippen molar-refractivity contribution >= 4 is 0 Å². The van der Waals surface area contributed by atoms with E-state index in [1.54, 1.807) is 0 Å². The lowest BCUT2D eigenvalue weighted by Gasteiger charge is -2.14. The first-order valence-corrected chi connectivity index (χ1v) is 6.49. The maximum atomic E-state index is 3.97. The van der Waals surface area contributed by atoms with Crippen LogP contribution >= 0.6 is 0 Å². The maximum absolute atomic E-state index is 3.97. The predicted molar refractivity (Wildman–Crippen MR) is 71.9 cm³/mol. The lowest BCUT2D eigenvalue weighted by atomic mass is 9.91. The lowest BCUT2D eigenvalue weighted by molar-refractivity contribution is 0.393. The number of nitrogens with one attached hydrogen (secondary N) is 1. The van der Waals surface area contributed by atoms with E-state index >= 15 is 0 Å². The molecule has 0 fully saturated rings. The maximum Gasteiger partial charge on any atom is 0.204 e. The fourth-order valence-corrected chi connectivity index (χ4v) is 1.83. The largest absolute Gasteiger partial charge is 0.204 e. The van der Waals surface area contributed by atoms with Gasteiger partial charge in [0.1, 0.15) is 0 Å². The molecule has 0 saturated heterocycles. The van der Waals surface area contributed by atoms with E-state index in [1.807, 2.05) is 0 Å². The Kier molecular flexibility index (Phi) is 4.07. The van der Waals surface area contributed by atoms with Crippen molar-refractivity contribution < 1.29 is 0 Å². The number of benzene rings is 1. The number of aromatic nitrogens is 4. The van der Waals surface area contributed by atoms with Gasteiger partial charge in [-0.3, -0.25) is 0 Å². The summed E-state index contributed by atoms with van der Waals surface area (Å²) in [7, 11) is 0. The van der Waals surface area contributed by atoms with Crippen LogP contribution in [0.4, 0.5) is 0 Å². The Morgan fingerprint density at radius 1 is 1.11 bits per heavy atom. The van der Waals surface area contributed by atoms with Gasteiger partial charge in [-0.25, -0.2) is 0 Å². The second-order valence-corrected chi connectivity index (χ2v) is 5.19. The Labute approximate surface area is 108 Å². The molecule has 0 radical (unpaired) electrons. The Bertz CT molecular complexity index is 459. The highest BCUT2D eigenvalue weighted by atomic mass is 15.5. The minimum absolute atomic E-state index is 0.650. The van der Waals surface area contributed by atoms with Gasteiger partial charge in [-0.05, 0) is 35.5 Å². The van der Waals surface area contributed by atoms with Crippen LogP contribution in [0.2, 0.25) is 0 Å². The predicted octanol–water partition coefficient (Wildman–Crippen LogP) is 3.09. The van der Waals surface area contributed by atoms with Crippen LogP contribution in [0.15, 0.2) is 24.3 Å². The summed E-state index contributed by atoms with van der Waals surface area (Å²) in [6.45, 7) is 6.88. The summed E-state index contributed by atoms with van der Waals surface area (Å²) in [4.78, 5) is 0. The summed E-state index contributed by atoms with van der Waals surface area (Å²) in [5.74, 6) is 2.17. The molecule has 96 valence electrons. The number of nitrogens with zero attached hydrogens (tertiary/aromatic N) is 3. The molecule has 2 rings (SSSR count). The normalized spacial score (nSPS) is 12.9. The fourth-order valence-electron chi connectivity index (χ4n) is 1.83. The summed E-state index contributed by atoms with van der Waals surface area (Å²) >= 11 is 0. The van der Waals surface area contributed by atoms with Crippen LogP contribution < -0.4 is 0 Å². The highest BCUT2D eigenvalue weighted by Crippen LogP contribution is 2.19. The fraction of sp³-hybridized carbons (Fsp3) is 0.500. The van der Waals surface area contributed by atoms with E-state index in [0.717, 1.165) is 23.8 Å². The van der Waals surface area contributed by atoms with Crippen molar-refractivity contribution in [2.75, 3.05) is 0 Å². The molecule has 0 spiro atoms. The van der Waals surface area contributed by atoms with E-state index in [9.17, 15) is 0 Å². The summed E-state index contributed by atoms with van der Waals surface area (Å²) < 4.78 is 0. The molecular formula is C14H20N4. The molecule has 1 heterocycles. The SMILES string of the molecule is CC(C)C(C)CCc1ccc(-c2nn[nH]n2)cc1. The third-order valence-corrected chi connectivity index (χ3v) is 3.58. The topological polar surface area (TPSA) is 54.5 Å². The number of tetrazole rings is 1. The highest BCUT2D eigenvalue weighted by Gasteiger charge is 2.07. The lowest BCUT2D eigenvalue weighted by Crippen LogP contribution is -2.05. The van der Waals surface area contributed by atoms with Crippen molar-refractivity contribution in [3.63, 3.8) is 0 Å². The molecule has 1 aromatic heterocycles. The van der Waals surface area contributed by atoms with Crippen LogP contribution in [0.5, 0.6) is 0 Å². The van der Waals surface area contributed by atoms with Gasteiger partial charge in [0.25, 0.3) is 0 Å². The molecule has 18 heavy (non-hydrogen) atoms. The molecule has 2 aromatic rings. The molecule has 0 aliphatic carbocycles. The van der Waals surface area contributed by atoms with Crippen molar-refractivity contribution in [2.45, 2.75) is 33.6 Å².